The molecule has 2 heterocycles. The fraction of sp³-hybridized carbons (Fsp3) is 0.286. The normalized spacial score (nSPS) is 18.6. The van der Waals surface area contributed by atoms with Crippen molar-refractivity contribution in [1.29, 1.82) is 0 Å². The van der Waals surface area contributed by atoms with Gasteiger partial charge in [-0.25, -0.2) is 0 Å². The van der Waals surface area contributed by atoms with Gasteiger partial charge in [0.15, 0.2) is 0 Å². The van der Waals surface area contributed by atoms with Crippen molar-refractivity contribution in [3.63, 3.8) is 0 Å². The lowest BCUT2D eigenvalue weighted by atomic mass is 10.1. The number of hydrogen-bond acceptors (Lipinski definition) is 3. The second-order valence-corrected chi connectivity index (χ2v) is 7.96. The highest BCUT2D eigenvalue weighted by atomic mass is 79.9. The van der Waals surface area contributed by atoms with Crippen LogP contribution in [0.25, 0.3) is 0 Å². The fourth-order valence-corrected chi connectivity index (χ4v) is 4.17. The summed E-state index contributed by atoms with van der Waals surface area (Å²) in [4.78, 5) is 41.8. The average molecular weight is 442 g/mol. The molecule has 0 aromatic heterocycles. The summed E-state index contributed by atoms with van der Waals surface area (Å²) in [6.45, 7) is 2.40. The number of hydrogen-bond donors (Lipinski definition) is 1. The lowest BCUT2D eigenvalue weighted by Gasteiger charge is -2.25. The number of nitrogens with zero attached hydrogens (tertiary/aromatic N) is 2. The van der Waals surface area contributed by atoms with E-state index >= 15 is 0 Å². The topological polar surface area (TPSA) is 69.7 Å². The molecule has 144 valence electrons. The van der Waals surface area contributed by atoms with Gasteiger partial charge in [0.25, 0.3) is 5.91 Å². The summed E-state index contributed by atoms with van der Waals surface area (Å²) in [5, 5.41) is 2.84. The standard InChI is InChI=1S/C21H20BrN3O3/c1-13-8-9-14(11-16(13)22)23-19(26)12-25-17-6-3-2-5-15(17)20(27)24-10-4-7-18(24)21(25)28/h2-3,5-6,8-9,11,18H,4,7,10,12H2,1H3,(H,23,26)/t18-/m1/s1. The number of aryl methyl sites for hydroxylation is 1. The van der Waals surface area contributed by atoms with Gasteiger partial charge in [-0.1, -0.05) is 34.1 Å². The van der Waals surface area contributed by atoms with E-state index < -0.39 is 6.04 Å². The molecule has 0 aliphatic carbocycles. The Labute approximate surface area is 171 Å². The van der Waals surface area contributed by atoms with Crippen LogP contribution in [0.4, 0.5) is 11.4 Å². The minimum atomic E-state index is -0.499. The van der Waals surface area contributed by atoms with Crippen LogP contribution < -0.4 is 10.2 Å². The minimum absolute atomic E-state index is 0.140. The molecular weight excluding hydrogens is 422 g/mol. The number of amides is 3. The lowest BCUT2D eigenvalue weighted by molar-refractivity contribution is -0.124. The van der Waals surface area contributed by atoms with Crippen molar-refractivity contribution in [2.45, 2.75) is 25.8 Å². The first-order chi connectivity index (χ1) is 13.5. The van der Waals surface area contributed by atoms with Crippen LogP contribution in [-0.2, 0) is 9.59 Å². The maximum absolute atomic E-state index is 13.2. The summed E-state index contributed by atoms with van der Waals surface area (Å²) in [6, 6.07) is 12.0. The molecule has 1 N–H and O–H groups in total. The molecule has 0 saturated carbocycles. The molecule has 0 unspecified atom stereocenters. The molecule has 7 heteroatoms. The van der Waals surface area contributed by atoms with E-state index in [1.165, 1.54) is 4.90 Å². The molecule has 3 amide bonds. The van der Waals surface area contributed by atoms with Gasteiger partial charge in [0.2, 0.25) is 11.8 Å². The highest BCUT2D eigenvalue weighted by molar-refractivity contribution is 9.10. The van der Waals surface area contributed by atoms with Crippen molar-refractivity contribution in [2.24, 2.45) is 0 Å². The van der Waals surface area contributed by atoms with Gasteiger partial charge in [0.05, 0.1) is 11.3 Å². The molecular formula is C21H20BrN3O3. The van der Waals surface area contributed by atoms with E-state index in [9.17, 15) is 14.4 Å². The smallest absolute Gasteiger partial charge is 0.256 e. The number of rotatable bonds is 3. The quantitative estimate of drug-likeness (QED) is 0.793. The molecule has 0 radical (unpaired) electrons. The molecule has 2 aliphatic heterocycles. The van der Waals surface area contributed by atoms with Crippen molar-refractivity contribution in [1.82, 2.24) is 4.90 Å². The predicted octanol–water partition coefficient (Wildman–Crippen LogP) is 3.35. The van der Waals surface area contributed by atoms with Crippen molar-refractivity contribution in [3.05, 3.63) is 58.1 Å². The summed E-state index contributed by atoms with van der Waals surface area (Å²) < 4.78 is 0.897. The molecule has 1 saturated heterocycles. The first-order valence-electron chi connectivity index (χ1n) is 9.23. The molecule has 28 heavy (non-hydrogen) atoms. The molecule has 1 fully saturated rings. The third-order valence-electron chi connectivity index (χ3n) is 5.25. The van der Waals surface area contributed by atoms with E-state index in [1.807, 2.05) is 25.1 Å². The third-order valence-corrected chi connectivity index (χ3v) is 6.10. The van der Waals surface area contributed by atoms with Crippen LogP contribution in [0.5, 0.6) is 0 Å². The Morgan fingerprint density at radius 2 is 2.00 bits per heavy atom. The van der Waals surface area contributed by atoms with E-state index in [4.69, 9.17) is 0 Å². The van der Waals surface area contributed by atoms with Gasteiger partial charge in [-0.05, 0) is 49.6 Å². The molecule has 1 atom stereocenters. The maximum atomic E-state index is 13.2. The van der Waals surface area contributed by atoms with E-state index in [0.29, 0.717) is 29.9 Å². The van der Waals surface area contributed by atoms with Crippen LogP contribution in [0.3, 0.4) is 0 Å². The highest BCUT2D eigenvalue weighted by Crippen LogP contribution is 2.32. The Kier molecular flexibility index (Phi) is 4.93. The van der Waals surface area contributed by atoms with Crippen LogP contribution in [0.1, 0.15) is 28.8 Å². The van der Waals surface area contributed by atoms with Gasteiger partial charge in [-0.2, -0.15) is 0 Å². The fourth-order valence-electron chi connectivity index (χ4n) is 3.79. The van der Waals surface area contributed by atoms with E-state index in [2.05, 4.69) is 21.2 Å². The van der Waals surface area contributed by atoms with Crippen LogP contribution >= 0.6 is 15.9 Å². The zero-order chi connectivity index (χ0) is 19.8. The molecule has 0 bridgehead atoms. The largest absolute Gasteiger partial charge is 0.327 e. The maximum Gasteiger partial charge on any atom is 0.256 e. The second-order valence-electron chi connectivity index (χ2n) is 7.11. The Morgan fingerprint density at radius 1 is 1.21 bits per heavy atom. The number of carbonyl (C=O) groups is 3. The number of para-hydroxylation sites is 1. The van der Waals surface area contributed by atoms with Gasteiger partial charge >= 0.3 is 0 Å². The van der Waals surface area contributed by atoms with E-state index in [-0.39, 0.29) is 24.3 Å². The van der Waals surface area contributed by atoms with Gasteiger partial charge in [-0.3, -0.25) is 14.4 Å². The Hall–Kier alpha value is -2.67. The summed E-state index contributed by atoms with van der Waals surface area (Å²) in [7, 11) is 0. The van der Waals surface area contributed by atoms with Crippen LogP contribution in [0.2, 0.25) is 0 Å². The number of fused-ring (bicyclic) bond motifs is 2. The summed E-state index contributed by atoms with van der Waals surface area (Å²) >= 11 is 3.45. The Bertz CT molecular complexity index is 975. The monoisotopic (exact) mass is 441 g/mol. The first-order valence-corrected chi connectivity index (χ1v) is 10.0. The summed E-state index contributed by atoms with van der Waals surface area (Å²) in [5.74, 6) is -0.648. The average Bonchev–Trinajstić information content (AvgIpc) is 3.15. The molecule has 2 aliphatic rings. The summed E-state index contributed by atoms with van der Waals surface area (Å²) in [5.41, 5.74) is 2.67. The van der Waals surface area contributed by atoms with Crippen molar-refractivity contribution in [3.8, 4) is 0 Å². The van der Waals surface area contributed by atoms with Crippen molar-refractivity contribution in [2.75, 3.05) is 23.3 Å². The SMILES string of the molecule is Cc1ccc(NC(=O)CN2C(=O)[C@H]3CCCN3C(=O)c3ccccc32)cc1Br. The van der Waals surface area contributed by atoms with Crippen LogP contribution in [0.15, 0.2) is 46.9 Å². The highest BCUT2D eigenvalue weighted by Gasteiger charge is 2.42. The van der Waals surface area contributed by atoms with Crippen molar-refractivity contribution < 1.29 is 14.4 Å². The molecule has 2 aromatic carbocycles. The summed E-state index contributed by atoms with van der Waals surface area (Å²) in [6.07, 6.45) is 1.42. The number of halogens is 1. The lowest BCUT2D eigenvalue weighted by Crippen LogP contribution is -2.47. The molecule has 2 aromatic rings. The zero-order valence-electron chi connectivity index (χ0n) is 15.4. The number of benzene rings is 2. The minimum Gasteiger partial charge on any atom is -0.327 e. The molecule has 4 rings (SSSR count). The van der Waals surface area contributed by atoms with Gasteiger partial charge in [0.1, 0.15) is 12.6 Å². The van der Waals surface area contributed by atoms with Gasteiger partial charge in [0, 0.05) is 16.7 Å². The number of anilines is 2. The molecule has 6 nitrogen and oxygen atoms in total. The Balaban J connectivity index is 1.62. The van der Waals surface area contributed by atoms with Gasteiger partial charge in [-0.15, -0.1) is 0 Å². The van der Waals surface area contributed by atoms with Crippen molar-refractivity contribution >= 4 is 45.0 Å². The van der Waals surface area contributed by atoms with Gasteiger partial charge < -0.3 is 15.1 Å². The first kappa shape index (κ1) is 18.7. The predicted molar refractivity (Wildman–Crippen MR) is 110 cm³/mol. The third kappa shape index (κ3) is 3.30. The molecule has 0 spiro atoms. The number of carbonyl (C=O) groups excluding carboxylic acids is 3. The Morgan fingerprint density at radius 3 is 2.79 bits per heavy atom. The van der Waals surface area contributed by atoms with Crippen LogP contribution in [-0.4, -0.2) is 41.8 Å². The van der Waals surface area contributed by atoms with Crippen LogP contribution in [0, 0.1) is 6.92 Å². The van der Waals surface area contributed by atoms with E-state index in [1.54, 1.807) is 29.2 Å². The zero-order valence-corrected chi connectivity index (χ0v) is 17.0. The number of nitrogens with one attached hydrogen (secondary N) is 1. The second kappa shape index (κ2) is 7.39. The van der Waals surface area contributed by atoms with E-state index in [0.717, 1.165) is 16.5 Å².